The molecule has 2 aromatic rings. The van der Waals surface area contributed by atoms with E-state index >= 15 is 0 Å². The second kappa shape index (κ2) is 4.62. The zero-order valence-corrected chi connectivity index (χ0v) is 9.79. The topological polar surface area (TPSA) is 51.2 Å². The van der Waals surface area contributed by atoms with Gasteiger partial charge in [0.2, 0.25) is 10.9 Å². The minimum atomic E-state index is -0.897. The van der Waals surface area contributed by atoms with Gasteiger partial charge in [0.15, 0.2) is 0 Å². The first-order chi connectivity index (χ1) is 8.15. The Kier molecular flexibility index (Phi) is 3.18. The van der Waals surface area contributed by atoms with Crippen LogP contribution in [-0.2, 0) is 6.42 Å². The minimum absolute atomic E-state index is 0.263. The summed E-state index contributed by atoms with van der Waals surface area (Å²) >= 11 is 0. The van der Waals surface area contributed by atoms with E-state index < -0.39 is 16.3 Å². The van der Waals surface area contributed by atoms with E-state index in [0.29, 0.717) is 0 Å². The lowest BCUT2D eigenvalue weighted by Gasteiger charge is -2.00. The Morgan fingerprint density at radius 3 is 2.29 bits per heavy atom. The van der Waals surface area contributed by atoms with Crippen molar-refractivity contribution in [3.8, 4) is 0 Å². The number of fused-ring (bicyclic) bond motifs is 1. The first-order valence-electron chi connectivity index (χ1n) is 5.91. The van der Waals surface area contributed by atoms with Crippen molar-refractivity contribution < 1.29 is 0 Å². The molecule has 0 saturated carbocycles. The van der Waals surface area contributed by atoms with E-state index in [1.165, 1.54) is 0 Å². The van der Waals surface area contributed by atoms with Crippen LogP contribution in [0.1, 0.15) is 31.7 Å². The molecular formula is C14H14O3. The minimum Gasteiger partial charge on any atom is -0.285 e. The van der Waals surface area contributed by atoms with E-state index in [9.17, 15) is 14.4 Å². The molecule has 0 saturated heterocycles. The van der Waals surface area contributed by atoms with E-state index in [1.54, 1.807) is 12.1 Å². The third kappa shape index (κ3) is 2.05. The van der Waals surface area contributed by atoms with Crippen LogP contribution in [0.4, 0.5) is 0 Å². The predicted molar refractivity (Wildman–Crippen MR) is 68.4 cm³/mol. The van der Waals surface area contributed by atoms with E-state index in [4.69, 9.17) is 0 Å². The largest absolute Gasteiger partial charge is 0.285 e. The number of aryl methyl sites for hydroxylation is 1. The van der Waals surface area contributed by atoms with E-state index in [2.05, 4.69) is 6.92 Å². The average Bonchev–Trinajstić information content (AvgIpc) is 2.55. The van der Waals surface area contributed by atoms with Gasteiger partial charge in [0.1, 0.15) is 0 Å². The maximum atomic E-state index is 11.5. The molecule has 0 atom stereocenters. The highest BCUT2D eigenvalue weighted by Gasteiger charge is 2.12. The van der Waals surface area contributed by atoms with Crippen molar-refractivity contribution in [2.24, 2.45) is 0 Å². The molecule has 0 aliphatic rings. The third-order valence-corrected chi connectivity index (χ3v) is 3.05. The normalized spacial score (nSPS) is 11.1. The molecule has 2 aromatic carbocycles. The number of rotatable bonds is 4. The number of hydrogen-bond donors (Lipinski definition) is 0. The molecule has 0 spiro atoms. The van der Waals surface area contributed by atoms with Crippen LogP contribution in [0.25, 0.3) is 10.8 Å². The van der Waals surface area contributed by atoms with Gasteiger partial charge in [-0.1, -0.05) is 25.8 Å². The van der Waals surface area contributed by atoms with Gasteiger partial charge in [-0.3, -0.25) is 14.4 Å². The van der Waals surface area contributed by atoms with Gasteiger partial charge in [0.05, 0.1) is 0 Å². The summed E-state index contributed by atoms with van der Waals surface area (Å²) in [6.45, 7) is 2.13. The zero-order valence-electron chi connectivity index (χ0n) is 9.79. The zero-order chi connectivity index (χ0) is 12.4. The summed E-state index contributed by atoms with van der Waals surface area (Å²) in [4.78, 5) is 34.2. The van der Waals surface area contributed by atoms with E-state index in [1.807, 2.05) is 6.07 Å². The second-order valence-corrected chi connectivity index (χ2v) is 4.32. The summed E-state index contributed by atoms with van der Waals surface area (Å²) < 4.78 is 0. The molecule has 88 valence electrons. The van der Waals surface area contributed by atoms with Gasteiger partial charge in [-0.05, 0) is 30.5 Å². The van der Waals surface area contributed by atoms with Crippen molar-refractivity contribution >= 4 is 10.8 Å². The van der Waals surface area contributed by atoms with Crippen LogP contribution in [-0.4, -0.2) is 0 Å². The van der Waals surface area contributed by atoms with Gasteiger partial charge in [-0.15, -0.1) is 0 Å². The van der Waals surface area contributed by atoms with Crippen molar-refractivity contribution in [3.05, 3.63) is 54.4 Å². The summed E-state index contributed by atoms with van der Waals surface area (Å²) in [5, 5.41) is 0.549. The van der Waals surface area contributed by atoms with Gasteiger partial charge >= 0.3 is 0 Å². The molecule has 0 amide bonds. The molecule has 2 rings (SSSR count). The molecule has 0 radical (unpaired) electrons. The lowest BCUT2D eigenvalue weighted by atomic mass is 10.0. The maximum absolute atomic E-state index is 11.5. The predicted octanol–water partition coefficient (Wildman–Crippen LogP) is 1.53. The summed E-state index contributed by atoms with van der Waals surface area (Å²) in [7, 11) is 0. The van der Waals surface area contributed by atoms with Crippen LogP contribution in [0.2, 0.25) is 0 Å². The van der Waals surface area contributed by atoms with Crippen molar-refractivity contribution in [2.45, 2.75) is 32.6 Å². The molecule has 0 fully saturated rings. The molecule has 3 heteroatoms. The lowest BCUT2D eigenvalue weighted by molar-refractivity contribution is 0.718. The Morgan fingerprint density at radius 2 is 1.59 bits per heavy atom. The number of hydrogen-bond acceptors (Lipinski definition) is 3. The second-order valence-electron chi connectivity index (χ2n) is 4.32. The van der Waals surface area contributed by atoms with Crippen LogP contribution in [0.15, 0.2) is 32.6 Å². The molecular weight excluding hydrogens is 216 g/mol. The molecule has 0 N–H and O–H groups in total. The van der Waals surface area contributed by atoms with Crippen LogP contribution in [0.3, 0.4) is 0 Å². The number of benzene rings is 1. The molecule has 3 nitrogen and oxygen atoms in total. The average molecular weight is 230 g/mol. The Balaban J connectivity index is 2.44. The highest BCUT2D eigenvalue weighted by atomic mass is 16.2. The standard InChI is InChI=1S/C14H14O3/c1-2-3-4-5-9-6-7-10-11(8-9)13(16)14(17)12(10)15/h6-8H,2-5H2,1H3. The van der Waals surface area contributed by atoms with Gasteiger partial charge in [-0.25, -0.2) is 0 Å². The highest BCUT2D eigenvalue weighted by Crippen LogP contribution is 2.11. The van der Waals surface area contributed by atoms with Crippen LogP contribution >= 0.6 is 0 Å². The lowest BCUT2D eigenvalue weighted by Crippen LogP contribution is -2.29. The summed E-state index contributed by atoms with van der Waals surface area (Å²) in [5.41, 5.74) is -1.19. The molecule has 0 bridgehead atoms. The molecule has 0 aliphatic carbocycles. The monoisotopic (exact) mass is 230 g/mol. The first-order valence-corrected chi connectivity index (χ1v) is 5.91. The number of unbranched alkanes of at least 4 members (excludes halogenated alkanes) is 2. The van der Waals surface area contributed by atoms with Gasteiger partial charge in [-0.2, -0.15) is 0 Å². The Bertz CT molecular complexity index is 676. The van der Waals surface area contributed by atoms with Crippen molar-refractivity contribution in [1.29, 1.82) is 0 Å². The molecule has 0 aliphatic heterocycles. The Labute approximate surface area is 98.4 Å². The van der Waals surface area contributed by atoms with Gasteiger partial charge in [0, 0.05) is 10.8 Å². The summed E-state index contributed by atoms with van der Waals surface area (Å²) in [5.74, 6) is 0. The van der Waals surface area contributed by atoms with Gasteiger partial charge in [0.25, 0.3) is 5.43 Å². The van der Waals surface area contributed by atoms with E-state index in [-0.39, 0.29) is 10.8 Å². The van der Waals surface area contributed by atoms with Crippen molar-refractivity contribution in [1.82, 2.24) is 0 Å². The molecule has 0 heterocycles. The van der Waals surface area contributed by atoms with Crippen LogP contribution in [0.5, 0.6) is 0 Å². The molecule has 0 aromatic heterocycles. The molecule has 17 heavy (non-hydrogen) atoms. The quantitative estimate of drug-likeness (QED) is 0.591. The van der Waals surface area contributed by atoms with Crippen molar-refractivity contribution in [2.75, 3.05) is 0 Å². The maximum Gasteiger partial charge on any atom is 0.273 e. The fourth-order valence-electron chi connectivity index (χ4n) is 2.06. The summed E-state index contributed by atoms with van der Waals surface area (Å²) in [6, 6.07) is 5.12. The molecule has 0 unspecified atom stereocenters. The SMILES string of the molecule is CCCCCc1ccc2c(=O)c(=O)c(=O)c2c1. The third-order valence-electron chi connectivity index (χ3n) is 3.05. The van der Waals surface area contributed by atoms with Crippen LogP contribution < -0.4 is 16.3 Å². The van der Waals surface area contributed by atoms with E-state index in [0.717, 1.165) is 31.2 Å². The fraction of sp³-hybridized carbons (Fsp3) is 0.357. The fourth-order valence-corrected chi connectivity index (χ4v) is 2.06. The van der Waals surface area contributed by atoms with Gasteiger partial charge < -0.3 is 0 Å². The smallest absolute Gasteiger partial charge is 0.273 e. The van der Waals surface area contributed by atoms with Crippen LogP contribution in [0, 0.1) is 0 Å². The highest BCUT2D eigenvalue weighted by molar-refractivity contribution is 5.84. The van der Waals surface area contributed by atoms with Crippen molar-refractivity contribution in [3.63, 3.8) is 0 Å². The Hall–Kier alpha value is -1.77. The first kappa shape index (κ1) is 11.7. The summed E-state index contributed by atoms with van der Waals surface area (Å²) in [6.07, 6.45) is 4.23. The Morgan fingerprint density at radius 1 is 0.882 bits per heavy atom.